The SMILES string of the molecule is CC1=[C-]C(C)(C)C(C)=C1C.CC1=[C-]C(C)(C)C(C)=C1C.[Gd+2]. The van der Waals surface area contributed by atoms with Gasteiger partial charge in [-0.2, -0.15) is 22.3 Å². The quantitative estimate of drug-likeness (QED) is 0.402. The van der Waals surface area contributed by atoms with Crippen molar-refractivity contribution in [2.75, 3.05) is 0 Å². The van der Waals surface area contributed by atoms with Crippen LogP contribution in [0.1, 0.15) is 69.2 Å². The van der Waals surface area contributed by atoms with Gasteiger partial charge >= 0.3 is 39.9 Å². The van der Waals surface area contributed by atoms with Gasteiger partial charge in [-0.25, -0.2) is 11.1 Å². The monoisotopic (exact) mass is 428 g/mol. The first-order chi connectivity index (χ1) is 8.90. The van der Waals surface area contributed by atoms with E-state index in [2.05, 4.69) is 81.4 Å². The molecule has 0 radical (unpaired) electrons. The van der Waals surface area contributed by atoms with E-state index in [-0.39, 0.29) is 50.8 Å². The molecule has 2 aliphatic rings. The molecule has 0 amide bonds. The third-order valence-electron chi connectivity index (χ3n) is 5.12. The van der Waals surface area contributed by atoms with Crippen molar-refractivity contribution >= 4 is 0 Å². The topological polar surface area (TPSA) is 0 Å². The Kier molecular flexibility index (Phi) is 7.34. The van der Waals surface area contributed by atoms with E-state index < -0.39 is 0 Å². The van der Waals surface area contributed by atoms with Gasteiger partial charge in [-0.15, -0.1) is 13.8 Å². The predicted octanol–water partition coefficient (Wildman–Crippen LogP) is 6.22. The van der Waals surface area contributed by atoms with Crippen molar-refractivity contribution in [3.05, 3.63) is 45.6 Å². The predicted molar refractivity (Wildman–Crippen MR) is 89.2 cm³/mol. The Morgan fingerprint density at radius 1 is 0.571 bits per heavy atom. The number of rotatable bonds is 0. The fourth-order valence-corrected chi connectivity index (χ4v) is 2.81. The Labute approximate surface area is 164 Å². The molecular formula is C20H30Gd. The number of hydrogen-bond donors (Lipinski definition) is 0. The maximum absolute atomic E-state index is 3.44. The molecule has 2 aliphatic carbocycles. The largest absolute Gasteiger partial charge is 2.00 e. The molecule has 0 bridgehead atoms. The van der Waals surface area contributed by atoms with E-state index in [1.54, 1.807) is 0 Å². The van der Waals surface area contributed by atoms with Crippen LogP contribution in [0.15, 0.2) is 33.4 Å². The molecular weight excluding hydrogens is 397 g/mol. The van der Waals surface area contributed by atoms with Gasteiger partial charge in [0.2, 0.25) is 0 Å². The van der Waals surface area contributed by atoms with E-state index in [1.165, 1.54) is 33.4 Å². The van der Waals surface area contributed by atoms with E-state index in [1.807, 2.05) is 0 Å². The summed E-state index contributed by atoms with van der Waals surface area (Å²) < 4.78 is 0. The van der Waals surface area contributed by atoms with Crippen LogP contribution >= 0.6 is 0 Å². The van der Waals surface area contributed by atoms with Crippen LogP contribution in [0.3, 0.4) is 0 Å². The van der Waals surface area contributed by atoms with Gasteiger partial charge in [-0.05, 0) is 0 Å². The molecule has 0 fully saturated rings. The Morgan fingerprint density at radius 2 is 0.810 bits per heavy atom. The van der Waals surface area contributed by atoms with Crippen LogP contribution in [-0.4, -0.2) is 0 Å². The van der Waals surface area contributed by atoms with Crippen molar-refractivity contribution in [2.24, 2.45) is 10.8 Å². The Morgan fingerprint density at radius 3 is 0.857 bits per heavy atom. The van der Waals surface area contributed by atoms with E-state index in [9.17, 15) is 0 Å². The van der Waals surface area contributed by atoms with Crippen LogP contribution in [0.25, 0.3) is 0 Å². The third kappa shape index (κ3) is 4.63. The Bertz CT molecular complexity index is 484. The molecule has 118 valence electrons. The zero-order valence-corrected chi connectivity index (χ0v) is 17.6. The molecule has 0 unspecified atom stereocenters. The van der Waals surface area contributed by atoms with Crippen molar-refractivity contribution in [3.8, 4) is 0 Å². The first kappa shape index (κ1) is 21.3. The van der Waals surface area contributed by atoms with Crippen LogP contribution in [-0.2, 0) is 0 Å². The molecule has 0 aromatic carbocycles. The summed E-state index contributed by atoms with van der Waals surface area (Å²) >= 11 is 0. The zero-order valence-electron chi connectivity index (χ0n) is 15.4. The van der Waals surface area contributed by atoms with Gasteiger partial charge in [-0.3, -0.25) is 12.2 Å². The summed E-state index contributed by atoms with van der Waals surface area (Å²) in [5.74, 6) is 0. The van der Waals surface area contributed by atoms with Crippen molar-refractivity contribution < 1.29 is 39.9 Å². The van der Waals surface area contributed by atoms with Crippen LogP contribution in [0.5, 0.6) is 0 Å². The van der Waals surface area contributed by atoms with Gasteiger partial charge in [-0.1, -0.05) is 66.2 Å². The maximum atomic E-state index is 3.44. The van der Waals surface area contributed by atoms with Gasteiger partial charge in [0.25, 0.3) is 0 Å². The van der Waals surface area contributed by atoms with Crippen molar-refractivity contribution in [2.45, 2.75) is 69.2 Å². The molecule has 0 saturated carbocycles. The zero-order chi connectivity index (χ0) is 15.9. The normalized spacial score (nSPS) is 22.4. The maximum Gasteiger partial charge on any atom is 2.00 e. The average Bonchev–Trinajstić information content (AvgIpc) is 2.60. The summed E-state index contributed by atoms with van der Waals surface area (Å²) in [6.45, 7) is 21.8. The molecule has 2 rings (SSSR count). The Hall–Kier alpha value is 0.285. The number of allylic oxidation sites excluding steroid dienone is 8. The smallest absolute Gasteiger partial charge is 0.263 e. The fourth-order valence-electron chi connectivity index (χ4n) is 2.81. The second kappa shape index (κ2) is 7.24. The molecule has 1 heteroatoms. The van der Waals surface area contributed by atoms with Crippen LogP contribution in [0.4, 0.5) is 0 Å². The minimum Gasteiger partial charge on any atom is -0.263 e. The molecule has 0 nitrogen and oxygen atoms in total. The first-order valence-electron chi connectivity index (χ1n) is 7.50. The Balaban J connectivity index is 0.000000364. The molecule has 0 spiro atoms. The molecule has 0 aromatic heterocycles. The van der Waals surface area contributed by atoms with Crippen molar-refractivity contribution in [1.29, 1.82) is 0 Å². The van der Waals surface area contributed by atoms with E-state index in [0.29, 0.717) is 0 Å². The summed E-state index contributed by atoms with van der Waals surface area (Å²) in [6, 6.07) is 0. The second-order valence-corrected chi connectivity index (χ2v) is 7.25. The van der Waals surface area contributed by atoms with Crippen LogP contribution < -0.4 is 0 Å². The first-order valence-corrected chi connectivity index (χ1v) is 7.50. The molecule has 0 N–H and O–H groups in total. The van der Waals surface area contributed by atoms with Gasteiger partial charge in [0.1, 0.15) is 0 Å². The summed E-state index contributed by atoms with van der Waals surface area (Å²) in [6.07, 6.45) is 6.87. The van der Waals surface area contributed by atoms with Crippen LogP contribution in [0.2, 0.25) is 0 Å². The van der Waals surface area contributed by atoms with E-state index >= 15 is 0 Å². The molecule has 0 aromatic rings. The second-order valence-electron chi connectivity index (χ2n) is 7.25. The van der Waals surface area contributed by atoms with Gasteiger partial charge in [0.05, 0.1) is 0 Å². The molecule has 21 heavy (non-hydrogen) atoms. The standard InChI is InChI=1S/2C10H15.Gd/c2*1-7-6-10(4,5)9(3)8(7)2;/h2*1-5H3;/q2*-1;+2. The number of hydrogen-bond acceptors (Lipinski definition) is 0. The van der Waals surface area contributed by atoms with E-state index in [0.717, 1.165) is 0 Å². The minimum absolute atomic E-state index is 0. The minimum atomic E-state index is 0. The molecule has 0 atom stereocenters. The fraction of sp³-hybridized carbons (Fsp3) is 0.600. The van der Waals surface area contributed by atoms with Crippen molar-refractivity contribution in [3.63, 3.8) is 0 Å². The molecule has 0 aliphatic heterocycles. The van der Waals surface area contributed by atoms with Gasteiger partial charge in [0.15, 0.2) is 0 Å². The summed E-state index contributed by atoms with van der Waals surface area (Å²) in [7, 11) is 0. The molecule has 0 heterocycles. The van der Waals surface area contributed by atoms with E-state index in [4.69, 9.17) is 0 Å². The third-order valence-corrected chi connectivity index (χ3v) is 5.12. The summed E-state index contributed by atoms with van der Waals surface area (Å²) in [5, 5.41) is 0. The molecule has 0 saturated heterocycles. The average molecular weight is 428 g/mol. The van der Waals surface area contributed by atoms with Crippen molar-refractivity contribution in [1.82, 2.24) is 0 Å². The van der Waals surface area contributed by atoms with Gasteiger partial charge in [0, 0.05) is 0 Å². The summed E-state index contributed by atoms with van der Waals surface area (Å²) in [5.41, 5.74) is 8.79. The van der Waals surface area contributed by atoms with Crippen LogP contribution in [0, 0.1) is 62.9 Å². The van der Waals surface area contributed by atoms with Gasteiger partial charge < -0.3 is 0 Å². The summed E-state index contributed by atoms with van der Waals surface area (Å²) in [4.78, 5) is 0.